The number of anilines is 1. The normalized spacial score (nSPS) is 10.6. The van der Waals surface area contributed by atoms with Crippen LogP contribution in [0.1, 0.15) is 35.7 Å². The van der Waals surface area contributed by atoms with Crippen LogP contribution in [0.25, 0.3) is 11.1 Å². The van der Waals surface area contributed by atoms with Crippen molar-refractivity contribution in [1.82, 2.24) is 4.98 Å². The third-order valence-corrected chi connectivity index (χ3v) is 5.28. The number of Topliss-reactive ketones (excluding diaryl/α,β-unsaturated/α-hetero) is 1. The molecular weight excluding hydrogens is 402 g/mol. The van der Waals surface area contributed by atoms with E-state index in [2.05, 4.69) is 4.98 Å². The van der Waals surface area contributed by atoms with Crippen molar-refractivity contribution in [3.8, 4) is 16.9 Å². The summed E-state index contributed by atoms with van der Waals surface area (Å²) >= 11 is 0. The lowest BCUT2D eigenvalue weighted by Gasteiger charge is -2.21. The quantitative estimate of drug-likeness (QED) is 0.485. The highest BCUT2D eigenvalue weighted by Crippen LogP contribution is 2.33. The molecule has 0 aliphatic heterocycles. The molecule has 166 valence electrons. The fourth-order valence-corrected chi connectivity index (χ4v) is 3.42. The number of rotatable bonds is 10. The van der Waals surface area contributed by atoms with Crippen LogP contribution in [0.5, 0.6) is 5.75 Å². The summed E-state index contributed by atoms with van der Waals surface area (Å²) in [7, 11) is 1.74. The zero-order valence-corrected chi connectivity index (χ0v) is 18.6. The Balaban J connectivity index is 1.76. The molecule has 0 saturated carbocycles. The average molecular weight is 432 g/mol. The molecule has 32 heavy (non-hydrogen) atoms. The van der Waals surface area contributed by atoms with E-state index < -0.39 is 0 Å². The first kappa shape index (κ1) is 23.2. The van der Waals surface area contributed by atoms with Gasteiger partial charge in [-0.1, -0.05) is 43.3 Å². The second-order valence-corrected chi connectivity index (χ2v) is 7.49. The molecule has 3 aromatic rings. The van der Waals surface area contributed by atoms with Crippen LogP contribution >= 0.6 is 0 Å². The van der Waals surface area contributed by atoms with E-state index in [1.165, 1.54) is 0 Å². The van der Waals surface area contributed by atoms with Gasteiger partial charge >= 0.3 is 0 Å². The molecule has 2 N–H and O–H groups in total. The van der Waals surface area contributed by atoms with Gasteiger partial charge in [-0.2, -0.15) is 0 Å². The number of aromatic nitrogens is 1. The summed E-state index contributed by atoms with van der Waals surface area (Å²) in [5.41, 5.74) is 9.94. The molecule has 0 aliphatic rings. The number of ketones is 1. The highest BCUT2D eigenvalue weighted by Gasteiger charge is 2.15. The molecule has 0 fully saturated rings. The molecule has 1 aromatic heterocycles. The number of amides is 1. The number of benzene rings is 2. The molecule has 0 spiro atoms. The van der Waals surface area contributed by atoms with Gasteiger partial charge in [0.05, 0.1) is 5.69 Å². The Hall–Kier alpha value is -3.51. The fourth-order valence-electron chi connectivity index (χ4n) is 3.42. The number of pyridine rings is 1. The van der Waals surface area contributed by atoms with Crippen LogP contribution in [0.2, 0.25) is 0 Å². The zero-order valence-electron chi connectivity index (χ0n) is 18.6. The molecule has 1 amide bonds. The first-order chi connectivity index (χ1) is 15.5. The van der Waals surface area contributed by atoms with E-state index in [4.69, 9.17) is 10.5 Å². The van der Waals surface area contributed by atoms with Crippen LogP contribution in [0.15, 0.2) is 67.0 Å². The van der Waals surface area contributed by atoms with E-state index in [1.54, 1.807) is 24.3 Å². The smallest absolute Gasteiger partial charge is 0.226 e. The zero-order chi connectivity index (χ0) is 22.9. The molecule has 0 bridgehead atoms. The van der Waals surface area contributed by atoms with Gasteiger partial charge in [-0.15, -0.1) is 0 Å². The summed E-state index contributed by atoms with van der Waals surface area (Å²) in [6.45, 7) is 2.56. The standard InChI is InChI=1S/C26H29N3O3/c1-3-26(31)29(2)23-12-11-22(17-25(23)32-16-14-27)20-7-9-21(10-8-20)24(30)13-6-19-5-4-15-28-18-19/h4-5,7-12,15,17-18H,3,6,13-14,16,27H2,1-2H3. The number of ether oxygens (including phenoxy) is 1. The summed E-state index contributed by atoms with van der Waals surface area (Å²) in [5, 5.41) is 0. The Labute approximate surface area is 189 Å². The van der Waals surface area contributed by atoms with Gasteiger partial charge in [0, 0.05) is 44.4 Å². The lowest BCUT2D eigenvalue weighted by molar-refractivity contribution is -0.118. The Morgan fingerprint density at radius 1 is 1.06 bits per heavy atom. The minimum atomic E-state index is 0.00416. The van der Waals surface area contributed by atoms with Crippen LogP contribution < -0.4 is 15.4 Å². The number of nitrogens with zero attached hydrogens (tertiary/aromatic N) is 2. The molecule has 0 aliphatic carbocycles. The van der Waals surface area contributed by atoms with E-state index in [0.29, 0.717) is 49.4 Å². The fraction of sp³-hybridized carbons (Fsp3) is 0.269. The van der Waals surface area contributed by atoms with Gasteiger partial charge in [0.1, 0.15) is 12.4 Å². The third kappa shape index (κ3) is 5.80. The van der Waals surface area contributed by atoms with Crippen molar-refractivity contribution in [2.24, 2.45) is 5.73 Å². The molecular formula is C26H29N3O3. The lowest BCUT2D eigenvalue weighted by atomic mass is 9.99. The highest BCUT2D eigenvalue weighted by atomic mass is 16.5. The van der Waals surface area contributed by atoms with Crippen molar-refractivity contribution in [2.75, 3.05) is 25.1 Å². The molecule has 6 nitrogen and oxygen atoms in total. The van der Waals surface area contributed by atoms with Crippen LogP contribution in [-0.4, -0.2) is 36.9 Å². The number of hydrogen-bond acceptors (Lipinski definition) is 5. The van der Waals surface area contributed by atoms with Crippen LogP contribution in [0.3, 0.4) is 0 Å². The third-order valence-electron chi connectivity index (χ3n) is 5.28. The van der Waals surface area contributed by atoms with E-state index >= 15 is 0 Å². The van der Waals surface area contributed by atoms with Crippen LogP contribution in [-0.2, 0) is 11.2 Å². The largest absolute Gasteiger partial charge is 0.490 e. The van der Waals surface area contributed by atoms with Gasteiger partial charge in [-0.3, -0.25) is 14.6 Å². The second-order valence-electron chi connectivity index (χ2n) is 7.49. The molecule has 0 unspecified atom stereocenters. The van der Waals surface area contributed by atoms with Crippen molar-refractivity contribution in [1.29, 1.82) is 0 Å². The summed E-state index contributed by atoms with van der Waals surface area (Å²) in [4.78, 5) is 30.4. The van der Waals surface area contributed by atoms with E-state index in [-0.39, 0.29) is 11.7 Å². The van der Waals surface area contributed by atoms with Crippen molar-refractivity contribution in [2.45, 2.75) is 26.2 Å². The van der Waals surface area contributed by atoms with Gasteiger partial charge in [-0.05, 0) is 41.3 Å². The predicted octanol–water partition coefficient (Wildman–Crippen LogP) is 4.27. The molecule has 0 radical (unpaired) electrons. The number of hydrogen-bond donors (Lipinski definition) is 1. The molecule has 3 rings (SSSR count). The Kier molecular flexibility index (Phi) is 8.11. The van der Waals surface area contributed by atoms with Gasteiger partial charge in [0.25, 0.3) is 0 Å². The van der Waals surface area contributed by atoms with E-state index in [9.17, 15) is 9.59 Å². The van der Waals surface area contributed by atoms with Gasteiger partial charge in [0.2, 0.25) is 5.91 Å². The molecule has 0 saturated heterocycles. The lowest BCUT2D eigenvalue weighted by Crippen LogP contribution is -2.26. The summed E-state index contributed by atoms with van der Waals surface area (Å²) in [6, 6.07) is 17.1. The minimum Gasteiger partial charge on any atom is -0.490 e. The van der Waals surface area contributed by atoms with Gasteiger partial charge in [-0.25, -0.2) is 0 Å². The monoisotopic (exact) mass is 431 g/mol. The van der Waals surface area contributed by atoms with Crippen LogP contribution in [0, 0.1) is 0 Å². The first-order valence-electron chi connectivity index (χ1n) is 10.8. The van der Waals surface area contributed by atoms with Crippen molar-refractivity contribution in [3.05, 3.63) is 78.1 Å². The average Bonchev–Trinajstić information content (AvgIpc) is 2.85. The number of nitrogens with two attached hydrogens (primary N) is 1. The van der Waals surface area contributed by atoms with Gasteiger partial charge < -0.3 is 15.4 Å². The van der Waals surface area contributed by atoms with E-state index in [1.807, 2.05) is 61.5 Å². The summed E-state index contributed by atoms with van der Waals surface area (Å²) in [5.74, 6) is 0.709. The molecule has 0 atom stereocenters. The van der Waals surface area contributed by atoms with Crippen molar-refractivity contribution >= 4 is 17.4 Å². The Bertz CT molecular complexity index is 1050. The maximum atomic E-state index is 12.6. The molecule has 2 aromatic carbocycles. The Morgan fingerprint density at radius 3 is 2.47 bits per heavy atom. The van der Waals surface area contributed by atoms with Crippen molar-refractivity contribution in [3.63, 3.8) is 0 Å². The maximum Gasteiger partial charge on any atom is 0.226 e. The van der Waals surface area contributed by atoms with Crippen LogP contribution in [0.4, 0.5) is 5.69 Å². The first-order valence-corrected chi connectivity index (χ1v) is 10.8. The summed E-state index contributed by atoms with van der Waals surface area (Å²) in [6.07, 6.45) is 5.03. The minimum absolute atomic E-state index is 0.00416. The molecule has 1 heterocycles. The SMILES string of the molecule is CCC(=O)N(C)c1ccc(-c2ccc(C(=O)CCc3cccnc3)cc2)cc1OCCN. The predicted molar refractivity (Wildman–Crippen MR) is 127 cm³/mol. The number of aryl methyl sites for hydroxylation is 1. The second kappa shape index (κ2) is 11.2. The topological polar surface area (TPSA) is 85.5 Å². The van der Waals surface area contributed by atoms with Gasteiger partial charge in [0.15, 0.2) is 5.78 Å². The molecule has 6 heteroatoms. The number of carbonyl (C=O) groups excluding carboxylic acids is 2. The number of carbonyl (C=O) groups is 2. The van der Waals surface area contributed by atoms with Crippen molar-refractivity contribution < 1.29 is 14.3 Å². The Morgan fingerprint density at radius 2 is 1.81 bits per heavy atom. The maximum absolute atomic E-state index is 12.6. The summed E-state index contributed by atoms with van der Waals surface area (Å²) < 4.78 is 5.82. The highest BCUT2D eigenvalue weighted by molar-refractivity contribution is 5.97. The van der Waals surface area contributed by atoms with E-state index in [0.717, 1.165) is 16.7 Å².